The number of benzene rings is 1. The summed E-state index contributed by atoms with van der Waals surface area (Å²) in [4.78, 5) is 0. The Bertz CT molecular complexity index is 500. The van der Waals surface area contributed by atoms with Crippen molar-refractivity contribution in [2.75, 3.05) is 18.1 Å². The number of rotatable bonds is 6. The van der Waals surface area contributed by atoms with Crippen LogP contribution < -0.4 is 10.5 Å². The van der Waals surface area contributed by atoms with Crippen LogP contribution in [0.2, 0.25) is 0 Å². The first-order valence-electron chi connectivity index (χ1n) is 5.74. The summed E-state index contributed by atoms with van der Waals surface area (Å²) in [6.45, 7) is 3.28. The van der Waals surface area contributed by atoms with Crippen molar-refractivity contribution >= 4 is 9.84 Å². The van der Waals surface area contributed by atoms with E-state index in [1.165, 1.54) is 6.07 Å². The lowest BCUT2D eigenvalue weighted by Crippen LogP contribution is -2.15. The van der Waals surface area contributed by atoms with Crippen LogP contribution in [0.25, 0.3) is 0 Å². The molecule has 0 aliphatic carbocycles. The van der Waals surface area contributed by atoms with Crippen molar-refractivity contribution in [2.45, 2.75) is 19.9 Å². The van der Waals surface area contributed by atoms with Crippen molar-refractivity contribution in [2.24, 2.45) is 5.73 Å². The molecule has 102 valence electrons. The zero-order valence-corrected chi connectivity index (χ0v) is 11.3. The van der Waals surface area contributed by atoms with Crippen LogP contribution in [0.5, 0.6) is 5.75 Å². The molecular weight excluding hydrogens is 257 g/mol. The molecule has 0 aliphatic rings. The van der Waals surface area contributed by atoms with Gasteiger partial charge in [0.15, 0.2) is 9.84 Å². The van der Waals surface area contributed by atoms with Crippen LogP contribution in [-0.4, -0.2) is 26.5 Å². The maximum Gasteiger partial charge on any atom is 0.153 e. The standard InChI is InChI=1S/C12H18FNO3S/c1-3-18(15,16)7-6-17-10-4-5-11(9(2)14)12(13)8-10/h4-5,8-9H,3,6-7,14H2,1-2H3/t9-/m0/s1. The summed E-state index contributed by atoms with van der Waals surface area (Å²) in [7, 11) is -3.06. The second kappa shape index (κ2) is 6.15. The van der Waals surface area contributed by atoms with Crippen LogP contribution in [0, 0.1) is 5.82 Å². The fraction of sp³-hybridized carbons (Fsp3) is 0.500. The molecule has 0 heterocycles. The molecule has 2 N–H and O–H groups in total. The Labute approximate surface area is 107 Å². The van der Waals surface area contributed by atoms with Gasteiger partial charge in [0, 0.05) is 23.4 Å². The highest BCUT2D eigenvalue weighted by Crippen LogP contribution is 2.20. The topological polar surface area (TPSA) is 69.4 Å². The first-order valence-corrected chi connectivity index (χ1v) is 7.56. The zero-order chi connectivity index (χ0) is 13.8. The SMILES string of the molecule is CCS(=O)(=O)CCOc1ccc([C@H](C)N)c(F)c1. The van der Waals surface area contributed by atoms with Crippen molar-refractivity contribution in [3.63, 3.8) is 0 Å². The lowest BCUT2D eigenvalue weighted by molar-refractivity contribution is 0.338. The Hall–Kier alpha value is -1.14. The van der Waals surface area contributed by atoms with E-state index in [-0.39, 0.29) is 24.2 Å². The van der Waals surface area contributed by atoms with Gasteiger partial charge in [0.1, 0.15) is 18.2 Å². The van der Waals surface area contributed by atoms with E-state index in [2.05, 4.69) is 0 Å². The first kappa shape index (κ1) is 14.9. The van der Waals surface area contributed by atoms with Gasteiger partial charge in [-0.2, -0.15) is 0 Å². The van der Waals surface area contributed by atoms with Crippen molar-refractivity contribution in [1.29, 1.82) is 0 Å². The summed E-state index contributed by atoms with van der Waals surface area (Å²) < 4.78 is 41.2. The van der Waals surface area contributed by atoms with Crippen LogP contribution in [0.1, 0.15) is 25.5 Å². The Morgan fingerprint density at radius 3 is 2.61 bits per heavy atom. The molecular formula is C12H18FNO3S. The van der Waals surface area contributed by atoms with Crippen molar-refractivity contribution < 1.29 is 17.5 Å². The minimum absolute atomic E-state index is 0.0210. The number of hydrogen-bond acceptors (Lipinski definition) is 4. The van der Waals surface area contributed by atoms with Crippen molar-refractivity contribution in [3.8, 4) is 5.75 Å². The molecule has 0 aromatic heterocycles. The van der Waals surface area contributed by atoms with Gasteiger partial charge in [0.05, 0.1) is 5.75 Å². The second-order valence-electron chi connectivity index (χ2n) is 4.06. The fourth-order valence-electron chi connectivity index (χ4n) is 1.40. The Balaban J connectivity index is 2.62. The summed E-state index contributed by atoms with van der Waals surface area (Å²) in [6.07, 6.45) is 0. The number of ether oxygens (including phenoxy) is 1. The molecule has 6 heteroatoms. The van der Waals surface area contributed by atoms with E-state index in [0.717, 1.165) is 0 Å². The molecule has 0 saturated carbocycles. The van der Waals surface area contributed by atoms with Gasteiger partial charge in [0.2, 0.25) is 0 Å². The van der Waals surface area contributed by atoms with Crippen LogP contribution in [-0.2, 0) is 9.84 Å². The lowest BCUT2D eigenvalue weighted by Gasteiger charge is -2.10. The van der Waals surface area contributed by atoms with Crippen LogP contribution in [0.15, 0.2) is 18.2 Å². The minimum Gasteiger partial charge on any atom is -0.492 e. The summed E-state index contributed by atoms with van der Waals surface area (Å²) in [5, 5.41) is 0. The smallest absolute Gasteiger partial charge is 0.153 e. The number of halogens is 1. The van der Waals surface area contributed by atoms with Gasteiger partial charge in [-0.1, -0.05) is 13.0 Å². The molecule has 0 saturated heterocycles. The molecule has 1 aromatic rings. The Kier molecular flexibility index (Phi) is 5.10. The van der Waals surface area contributed by atoms with Crippen LogP contribution in [0.4, 0.5) is 4.39 Å². The Morgan fingerprint density at radius 1 is 1.44 bits per heavy atom. The van der Waals surface area contributed by atoms with Crippen molar-refractivity contribution in [1.82, 2.24) is 0 Å². The number of nitrogens with two attached hydrogens (primary N) is 1. The van der Waals surface area contributed by atoms with Crippen LogP contribution in [0.3, 0.4) is 0 Å². The van der Waals surface area contributed by atoms with E-state index < -0.39 is 15.7 Å². The molecule has 4 nitrogen and oxygen atoms in total. The minimum atomic E-state index is -3.06. The van der Waals surface area contributed by atoms with E-state index in [1.54, 1.807) is 26.0 Å². The average molecular weight is 275 g/mol. The molecule has 1 aromatic carbocycles. The maximum atomic E-state index is 13.6. The molecule has 18 heavy (non-hydrogen) atoms. The first-order chi connectivity index (χ1) is 8.35. The summed E-state index contributed by atoms with van der Waals surface area (Å²) in [5.41, 5.74) is 5.99. The van der Waals surface area contributed by atoms with Gasteiger partial charge in [-0.05, 0) is 13.0 Å². The van der Waals surface area contributed by atoms with Crippen LogP contribution >= 0.6 is 0 Å². The number of sulfone groups is 1. The van der Waals surface area contributed by atoms with E-state index >= 15 is 0 Å². The van der Waals surface area contributed by atoms with Gasteiger partial charge in [0.25, 0.3) is 0 Å². The fourth-order valence-corrected chi connectivity index (χ4v) is 2.02. The summed E-state index contributed by atoms with van der Waals surface area (Å²) >= 11 is 0. The average Bonchev–Trinajstić information content (AvgIpc) is 2.28. The number of hydrogen-bond donors (Lipinski definition) is 1. The van der Waals surface area contributed by atoms with Gasteiger partial charge in [-0.15, -0.1) is 0 Å². The third kappa shape index (κ3) is 4.27. The van der Waals surface area contributed by atoms with Gasteiger partial charge < -0.3 is 10.5 Å². The van der Waals surface area contributed by atoms with Crippen molar-refractivity contribution in [3.05, 3.63) is 29.6 Å². The quantitative estimate of drug-likeness (QED) is 0.857. The highest BCUT2D eigenvalue weighted by molar-refractivity contribution is 7.91. The highest BCUT2D eigenvalue weighted by atomic mass is 32.2. The predicted octanol–water partition coefficient (Wildman–Crippen LogP) is 1.66. The third-order valence-electron chi connectivity index (χ3n) is 2.57. The second-order valence-corrected chi connectivity index (χ2v) is 6.53. The molecule has 0 aliphatic heterocycles. The largest absolute Gasteiger partial charge is 0.492 e. The molecule has 0 bridgehead atoms. The predicted molar refractivity (Wildman–Crippen MR) is 68.8 cm³/mol. The van der Waals surface area contributed by atoms with Gasteiger partial charge >= 0.3 is 0 Å². The summed E-state index contributed by atoms with van der Waals surface area (Å²) in [6, 6.07) is 3.96. The van der Waals surface area contributed by atoms with E-state index in [4.69, 9.17) is 10.5 Å². The third-order valence-corrected chi connectivity index (χ3v) is 4.23. The van der Waals surface area contributed by atoms with Gasteiger partial charge in [-0.25, -0.2) is 12.8 Å². The molecule has 1 rings (SSSR count). The highest BCUT2D eigenvalue weighted by Gasteiger charge is 2.10. The zero-order valence-electron chi connectivity index (χ0n) is 10.5. The van der Waals surface area contributed by atoms with E-state index in [9.17, 15) is 12.8 Å². The Morgan fingerprint density at radius 2 is 2.11 bits per heavy atom. The maximum absolute atomic E-state index is 13.6. The molecule has 0 radical (unpaired) electrons. The molecule has 0 spiro atoms. The molecule has 0 amide bonds. The molecule has 0 fully saturated rings. The molecule has 0 unspecified atom stereocenters. The van der Waals surface area contributed by atoms with E-state index in [0.29, 0.717) is 11.3 Å². The van der Waals surface area contributed by atoms with E-state index in [1.807, 2.05) is 0 Å². The summed E-state index contributed by atoms with van der Waals surface area (Å²) in [5.74, 6) is -0.127. The van der Waals surface area contributed by atoms with Gasteiger partial charge in [-0.3, -0.25) is 0 Å². The monoisotopic (exact) mass is 275 g/mol. The lowest BCUT2D eigenvalue weighted by atomic mass is 10.1. The molecule has 1 atom stereocenters. The normalized spacial score (nSPS) is 13.3.